The molecule has 0 aliphatic rings. The Kier molecular flexibility index (Phi) is 7.40. The third kappa shape index (κ3) is 5.57. The Morgan fingerprint density at radius 3 is 2.48 bits per heavy atom. The second kappa shape index (κ2) is 9.75. The van der Waals surface area contributed by atoms with E-state index in [9.17, 15) is 9.59 Å². The van der Waals surface area contributed by atoms with Crippen molar-refractivity contribution < 1.29 is 14.3 Å². The van der Waals surface area contributed by atoms with Crippen LogP contribution in [0.15, 0.2) is 30.3 Å². The van der Waals surface area contributed by atoms with Crippen LogP contribution >= 0.6 is 0 Å². The first kappa shape index (κ1) is 20.5. The first-order valence-corrected chi connectivity index (χ1v) is 9.24. The molecular formula is C20H28N4O3. The van der Waals surface area contributed by atoms with Crippen LogP contribution in [-0.2, 0) is 22.6 Å². The lowest BCUT2D eigenvalue weighted by atomic mass is 10.0. The smallest absolute Gasteiger partial charge is 0.315 e. The van der Waals surface area contributed by atoms with Crippen molar-refractivity contribution in [2.75, 3.05) is 6.61 Å². The molecule has 2 aromatic rings. The molecule has 7 nitrogen and oxygen atoms in total. The number of amides is 2. The highest BCUT2D eigenvalue weighted by Crippen LogP contribution is 2.17. The number of aryl methyl sites for hydroxylation is 2. The first-order valence-electron chi connectivity index (χ1n) is 9.24. The maximum atomic E-state index is 12.4. The maximum Gasteiger partial charge on any atom is 0.315 e. The van der Waals surface area contributed by atoms with Crippen molar-refractivity contribution in [3.05, 3.63) is 52.8 Å². The maximum absolute atomic E-state index is 12.4. The number of rotatable bonds is 8. The van der Waals surface area contributed by atoms with E-state index in [1.807, 2.05) is 55.8 Å². The van der Waals surface area contributed by atoms with Crippen LogP contribution in [0.3, 0.4) is 0 Å². The number of hydrogen-bond donors (Lipinski definition) is 2. The average molecular weight is 372 g/mol. The number of carbonyl (C=O) groups excluding carboxylic acids is 2. The second-order valence-corrected chi connectivity index (χ2v) is 6.26. The second-order valence-electron chi connectivity index (χ2n) is 6.26. The molecule has 7 heteroatoms. The van der Waals surface area contributed by atoms with Gasteiger partial charge in [-0.3, -0.25) is 9.48 Å². The molecule has 2 amide bonds. The molecule has 0 radical (unpaired) electrons. The Balaban J connectivity index is 2.03. The molecule has 0 spiro atoms. The summed E-state index contributed by atoms with van der Waals surface area (Å²) in [5.41, 5.74) is 3.81. The minimum atomic E-state index is -0.453. The quantitative estimate of drug-likeness (QED) is 0.698. The first-order chi connectivity index (χ1) is 13.0. The highest BCUT2D eigenvalue weighted by atomic mass is 16.5. The minimum Gasteiger partial charge on any atom is -0.466 e. The number of urea groups is 1. The zero-order valence-electron chi connectivity index (χ0n) is 16.4. The average Bonchev–Trinajstić information content (AvgIpc) is 2.93. The van der Waals surface area contributed by atoms with Crippen LogP contribution in [-0.4, -0.2) is 28.4 Å². The molecule has 1 aromatic carbocycles. The van der Waals surface area contributed by atoms with Crippen LogP contribution in [0, 0.1) is 13.8 Å². The molecule has 0 bridgehead atoms. The number of benzene rings is 1. The van der Waals surface area contributed by atoms with Gasteiger partial charge in [0.15, 0.2) is 0 Å². The van der Waals surface area contributed by atoms with E-state index >= 15 is 0 Å². The Labute approximate surface area is 160 Å². The number of aromatic nitrogens is 2. The van der Waals surface area contributed by atoms with Crippen molar-refractivity contribution in [3.8, 4) is 0 Å². The third-order valence-electron chi connectivity index (χ3n) is 4.44. The van der Waals surface area contributed by atoms with E-state index in [4.69, 9.17) is 4.74 Å². The van der Waals surface area contributed by atoms with Gasteiger partial charge in [-0.25, -0.2) is 4.79 Å². The van der Waals surface area contributed by atoms with Gasteiger partial charge in [0, 0.05) is 24.3 Å². The Morgan fingerprint density at radius 2 is 1.89 bits per heavy atom. The number of nitrogens with one attached hydrogen (secondary N) is 2. The topological polar surface area (TPSA) is 85.2 Å². The summed E-state index contributed by atoms with van der Waals surface area (Å²) < 4.78 is 6.94. The van der Waals surface area contributed by atoms with E-state index in [1.54, 1.807) is 6.92 Å². The van der Waals surface area contributed by atoms with Crippen LogP contribution < -0.4 is 10.6 Å². The highest BCUT2D eigenvalue weighted by molar-refractivity contribution is 5.76. The standard InChI is InChI=1S/C20H28N4O3/c1-5-24-15(4)17(14(3)23-24)13-21-20(26)22-18(12-19(25)27-6-2)16-10-8-7-9-11-16/h7-11,18H,5-6,12-13H2,1-4H3,(H2,21,22,26)/t18-/m1/s1. The van der Waals surface area contributed by atoms with Gasteiger partial charge in [-0.2, -0.15) is 5.10 Å². The number of ether oxygens (including phenoxy) is 1. The normalized spacial score (nSPS) is 11.7. The van der Waals surface area contributed by atoms with Gasteiger partial charge < -0.3 is 15.4 Å². The van der Waals surface area contributed by atoms with E-state index in [-0.39, 0.29) is 18.4 Å². The van der Waals surface area contributed by atoms with Crippen molar-refractivity contribution in [1.29, 1.82) is 0 Å². The van der Waals surface area contributed by atoms with E-state index in [0.29, 0.717) is 13.2 Å². The van der Waals surface area contributed by atoms with Crippen molar-refractivity contribution in [1.82, 2.24) is 20.4 Å². The van der Waals surface area contributed by atoms with Crippen LogP contribution in [0.25, 0.3) is 0 Å². The van der Waals surface area contributed by atoms with Gasteiger partial charge in [-0.15, -0.1) is 0 Å². The Morgan fingerprint density at radius 1 is 1.19 bits per heavy atom. The van der Waals surface area contributed by atoms with Crippen molar-refractivity contribution in [2.45, 2.75) is 53.2 Å². The van der Waals surface area contributed by atoms with Crippen molar-refractivity contribution in [2.24, 2.45) is 0 Å². The van der Waals surface area contributed by atoms with Gasteiger partial charge >= 0.3 is 12.0 Å². The number of hydrogen-bond acceptors (Lipinski definition) is 4. The molecule has 0 aliphatic carbocycles. The molecule has 0 saturated carbocycles. The molecule has 0 fully saturated rings. The van der Waals surface area contributed by atoms with Crippen molar-refractivity contribution >= 4 is 12.0 Å². The predicted octanol–water partition coefficient (Wildman–Crippen LogP) is 3.01. The molecular weight excluding hydrogens is 344 g/mol. The lowest BCUT2D eigenvalue weighted by Gasteiger charge is -2.19. The number of esters is 1. The molecule has 27 heavy (non-hydrogen) atoms. The molecule has 2 N–H and O–H groups in total. The van der Waals surface area contributed by atoms with Gasteiger partial charge in [0.2, 0.25) is 0 Å². The molecule has 0 aliphatic heterocycles. The van der Waals surface area contributed by atoms with Gasteiger partial charge in [0.1, 0.15) is 0 Å². The molecule has 1 aromatic heterocycles. The highest BCUT2D eigenvalue weighted by Gasteiger charge is 2.19. The molecule has 146 valence electrons. The molecule has 1 atom stereocenters. The summed E-state index contributed by atoms with van der Waals surface area (Å²) in [6.45, 7) is 9.19. The minimum absolute atomic E-state index is 0.0805. The summed E-state index contributed by atoms with van der Waals surface area (Å²) in [6.07, 6.45) is 0.0805. The van der Waals surface area contributed by atoms with E-state index < -0.39 is 6.04 Å². The van der Waals surface area contributed by atoms with Crippen LogP contribution in [0.2, 0.25) is 0 Å². The summed E-state index contributed by atoms with van der Waals surface area (Å²) in [4.78, 5) is 24.3. The van der Waals surface area contributed by atoms with E-state index in [2.05, 4.69) is 15.7 Å². The third-order valence-corrected chi connectivity index (χ3v) is 4.44. The van der Waals surface area contributed by atoms with Gasteiger partial charge in [-0.05, 0) is 33.3 Å². The molecule has 0 unspecified atom stereocenters. The molecule has 2 rings (SSSR count). The van der Waals surface area contributed by atoms with Gasteiger partial charge in [0.05, 0.1) is 24.8 Å². The Bertz CT molecular complexity index is 771. The summed E-state index contributed by atoms with van der Waals surface area (Å²) in [5, 5.41) is 10.2. The zero-order valence-corrected chi connectivity index (χ0v) is 16.4. The zero-order chi connectivity index (χ0) is 19.8. The number of nitrogens with zero attached hydrogens (tertiary/aromatic N) is 2. The predicted molar refractivity (Wildman–Crippen MR) is 103 cm³/mol. The largest absolute Gasteiger partial charge is 0.466 e. The lowest BCUT2D eigenvalue weighted by Crippen LogP contribution is -2.38. The van der Waals surface area contributed by atoms with Crippen molar-refractivity contribution in [3.63, 3.8) is 0 Å². The van der Waals surface area contributed by atoms with Gasteiger partial charge in [-0.1, -0.05) is 30.3 Å². The summed E-state index contributed by atoms with van der Waals surface area (Å²) in [7, 11) is 0. The summed E-state index contributed by atoms with van der Waals surface area (Å²) in [6, 6.07) is 8.61. The van der Waals surface area contributed by atoms with E-state index in [1.165, 1.54) is 0 Å². The molecule has 1 heterocycles. The fourth-order valence-electron chi connectivity index (χ4n) is 3.00. The van der Waals surface area contributed by atoms with E-state index in [0.717, 1.165) is 29.1 Å². The SMILES string of the molecule is CCOC(=O)C[C@@H](NC(=O)NCc1c(C)nn(CC)c1C)c1ccccc1. The summed E-state index contributed by atoms with van der Waals surface area (Å²) in [5.74, 6) is -0.345. The fraction of sp³-hybridized carbons (Fsp3) is 0.450. The van der Waals surface area contributed by atoms with Crippen LogP contribution in [0.4, 0.5) is 4.79 Å². The fourth-order valence-corrected chi connectivity index (χ4v) is 3.00. The monoisotopic (exact) mass is 372 g/mol. The summed E-state index contributed by atoms with van der Waals surface area (Å²) >= 11 is 0. The number of carbonyl (C=O) groups is 2. The molecule has 0 saturated heterocycles. The Hall–Kier alpha value is -2.83. The van der Waals surface area contributed by atoms with Crippen LogP contribution in [0.5, 0.6) is 0 Å². The lowest BCUT2D eigenvalue weighted by molar-refractivity contribution is -0.143. The van der Waals surface area contributed by atoms with Gasteiger partial charge in [0.25, 0.3) is 0 Å². The van der Waals surface area contributed by atoms with Crippen LogP contribution in [0.1, 0.15) is 48.8 Å².